The van der Waals surface area contributed by atoms with Crippen molar-refractivity contribution in [2.45, 2.75) is 5.16 Å². The lowest BCUT2D eigenvalue weighted by Gasteiger charge is -2.14. The van der Waals surface area contributed by atoms with Crippen molar-refractivity contribution in [3.63, 3.8) is 0 Å². The fraction of sp³-hybridized carbons (Fsp3) is 0.0455. The van der Waals surface area contributed by atoms with Crippen molar-refractivity contribution >= 4 is 34.3 Å². The average molecular weight is 423 g/mol. The molecule has 0 aliphatic heterocycles. The van der Waals surface area contributed by atoms with E-state index in [1.807, 2.05) is 6.07 Å². The van der Waals surface area contributed by atoms with Crippen molar-refractivity contribution in [2.24, 2.45) is 0 Å². The van der Waals surface area contributed by atoms with Gasteiger partial charge in [0.15, 0.2) is 5.16 Å². The third kappa shape index (κ3) is 4.08. The van der Waals surface area contributed by atoms with E-state index in [2.05, 4.69) is 10.3 Å². The second-order valence-corrected chi connectivity index (χ2v) is 7.29. The summed E-state index contributed by atoms with van der Waals surface area (Å²) in [5, 5.41) is 3.17. The summed E-state index contributed by atoms with van der Waals surface area (Å²) in [6, 6.07) is 18.5. The molecule has 4 aromatic rings. The fourth-order valence-corrected chi connectivity index (χ4v) is 3.74. The van der Waals surface area contributed by atoms with E-state index < -0.39 is 17.2 Å². The number of carbonyl (C=O) groups excluding carboxylic acids is 1. The third-order valence-electron chi connectivity index (χ3n) is 4.29. The molecule has 4 rings (SSSR count). The normalized spacial score (nSPS) is 10.9. The van der Waals surface area contributed by atoms with E-state index in [0.29, 0.717) is 22.7 Å². The number of carbonyl (C=O) groups is 1. The van der Waals surface area contributed by atoms with Crippen LogP contribution in [0.3, 0.4) is 0 Å². The number of nitrogens with one attached hydrogen (secondary N) is 1. The molecule has 30 heavy (non-hydrogen) atoms. The highest BCUT2D eigenvalue weighted by Crippen LogP contribution is 2.23. The van der Waals surface area contributed by atoms with Crippen LogP contribution in [0.5, 0.6) is 0 Å². The van der Waals surface area contributed by atoms with Gasteiger partial charge in [-0.3, -0.25) is 14.2 Å². The van der Waals surface area contributed by atoms with Crippen molar-refractivity contribution in [3.8, 4) is 5.69 Å². The molecule has 0 atom stereocenters. The van der Waals surface area contributed by atoms with Gasteiger partial charge in [0.2, 0.25) is 5.91 Å². The first-order chi connectivity index (χ1) is 14.5. The zero-order valence-corrected chi connectivity index (χ0v) is 16.3. The first-order valence-electron chi connectivity index (χ1n) is 8.98. The molecule has 1 heterocycles. The van der Waals surface area contributed by atoms with Crippen molar-refractivity contribution < 1.29 is 13.6 Å². The highest BCUT2D eigenvalue weighted by atomic mass is 32.2. The van der Waals surface area contributed by atoms with E-state index in [1.54, 1.807) is 48.5 Å². The number of thioether (sulfide) groups is 1. The Labute approximate surface area is 174 Å². The number of amides is 1. The summed E-state index contributed by atoms with van der Waals surface area (Å²) in [6.45, 7) is 0. The van der Waals surface area contributed by atoms with E-state index in [-0.39, 0.29) is 22.5 Å². The number of anilines is 1. The van der Waals surface area contributed by atoms with Gasteiger partial charge >= 0.3 is 0 Å². The Morgan fingerprint density at radius 2 is 1.73 bits per heavy atom. The zero-order valence-electron chi connectivity index (χ0n) is 15.5. The predicted molar refractivity (Wildman–Crippen MR) is 113 cm³/mol. The van der Waals surface area contributed by atoms with Crippen LogP contribution in [0.1, 0.15) is 0 Å². The molecule has 0 saturated carbocycles. The molecule has 1 amide bonds. The van der Waals surface area contributed by atoms with Gasteiger partial charge in [-0.2, -0.15) is 0 Å². The number of fused-ring (bicyclic) bond motifs is 1. The van der Waals surface area contributed by atoms with Gasteiger partial charge in [-0.25, -0.2) is 13.8 Å². The van der Waals surface area contributed by atoms with Crippen LogP contribution in [0, 0.1) is 11.6 Å². The van der Waals surface area contributed by atoms with Gasteiger partial charge in [0.25, 0.3) is 5.56 Å². The number of para-hydroxylation sites is 2. The summed E-state index contributed by atoms with van der Waals surface area (Å²) in [4.78, 5) is 29.8. The third-order valence-corrected chi connectivity index (χ3v) is 5.22. The molecule has 0 unspecified atom stereocenters. The Kier molecular flexibility index (Phi) is 5.58. The Hall–Kier alpha value is -3.52. The summed E-state index contributed by atoms with van der Waals surface area (Å²) in [7, 11) is 0. The first kappa shape index (κ1) is 19.8. The number of aromatic nitrogens is 2. The van der Waals surface area contributed by atoms with Gasteiger partial charge in [0, 0.05) is 11.8 Å². The summed E-state index contributed by atoms with van der Waals surface area (Å²) in [6.07, 6.45) is 0. The zero-order chi connectivity index (χ0) is 21.1. The van der Waals surface area contributed by atoms with Crippen LogP contribution in [0.25, 0.3) is 16.6 Å². The average Bonchev–Trinajstić information content (AvgIpc) is 2.74. The van der Waals surface area contributed by atoms with Crippen molar-refractivity contribution in [3.05, 3.63) is 94.8 Å². The van der Waals surface area contributed by atoms with E-state index in [1.165, 1.54) is 6.07 Å². The first-order valence-corrected chi connectivity index (χ1v) is 9.96. The van der Waals surface area contributed by atoms with E-state index in [0.717, 1.165) is 22.4 Å². The Balaban J connectivity index is 1.72. The van der Waals surface area contributed by atoms with Gasteiger partial charge in [0.05, 0.1) is 22.3 Å². The minimum atomic E-state index is -0.898. The largest absolute Gasteiger partial charge is 0.325 e. The Morgan fingerprint density at radius 1 is 1.00 bits per heavy atom. The number of nitrogens with zero attached hydrogens (tertiary/aromatic N) is 2. The summed E-state index contributed by atoms with van der Waals surface area (Å²) in [5.74, 6) is -2.01. The second-order valence-electron chi connectivity index (χ2n) is 6.35. The number of benzene rings is 3. The molecule has 0 aliphatic carbocycles. The minimum Gasteiger partial charge on any atom is -0.325 e. The number of rotatable bonds is 5. The monoisotopic (exact) mass is 423 g/mol. The second kappa shape index (κ2) is 8.46. The van der Waals surface area contributed by atoms with Crippen LogP contribution < -0.4 is 10.9 Å². The molecule has 0 aliphatic rings. The van der Waals surface area contributed by atoms with E-state index >= 15 is 0 Å². The molecule has 0 fully saturated rings. The molecule has 1 aromatic heterocycles. The smallest absolute Gasteiger partial charge is 0.266 e. The lowest BCUT2D eigenvalue weighted by atomic mass is 10.2. The number of halogens is 2. The highest BCUT2D eigenvalue weighted by molar-refractivity contribution is 7.99. The SMILES string of the molecule is O=C(CSc1nc2ccccc2c(=O)n1-c1ccc(F)cc1F)Nc1ccccc1. The van der Waals surface area contributed by atoms with Crippen LogP contribution in [0.2, 0.25) is 0 Å². The van der Waals surface area contributed by atoms with Crippen molar-refractivity contribution in [1.29, 1.82) is 0 Å². The molecule has 8 heteroatoms. The van der Waals surface area contributed by atoms with Crippen molar-refractivity contribution in [2.75, 3.05) is 11.1 Å². The number of hydrogen-bond donors (Lipinski definition) is 1. The summed E-state index contributed by atoms with van der Waals surface area (Å²) >= 11 is 0.991. The minimum absolute atomic E-state index is 0.0531. The standard InChI is InChI=1S/C22H15F2N3O2S/c23-14-10-11-19(17(24)12-14)27-21(29)16-8-4-5-9-18(16)26-22(27)30-13-20(28)25-15-6-2-1-3-7-15/h1-12H,13H2,(H,25,28). The van der Waals surface area contributed by atoms with Gasteiger partial charge in [-0.05, 0) is 36.4 Å². The van der Waals surface area contributed by atoms with Gasteiger partial charge in [0.1, 0.15) is 11.6 Å². The quantitative estimate of drug-likeness (QED) is 0.382. The van der Waals surface area contributed by atoms with Crippen LogP contribution >= 0.6 is 11.8 Å². The topological polar surface area (TPSA) is 64.0 Å². The maximum absolute atomic E-state index is 14.5. The van der Waals surface area contributed by atoms with Gasteiger partial charge in [-0.1, -0.05) is 42.1 Å². The summed E-state index contributed by atoms with van der Waals surface area (Å²) < 4.78 is 28.9. The van der Waals surface area contributed by atoms with Crippen LogP contribution in [0.15, 0.2) is 82.7 Å². The fourth-order valence-electron chi connectivity index (χ4n) is 2.93. The highest BCUT2D eigenvalue weighted by Gasteiger charge is 2.17. The Bertz CT molecular complexity index is 1290. The van der Waals surface area contributed by atoms with Gasteiger partial charge in [-0.15, -0.1) is 0 Å². The predicted octanol–water partition coefficient (Wildman–Crippen LogP) is 4.39. The molecule has 3 aromatic carbocycles. The van der Waals surface area contributed by atoms with Crippen LogP contribution in [-0.2, 0) is 4.79 Å². The van der Waals surface area contributed by atoms with E-state index in [9.17, 15) is 18.4 Å². The molecular formula is C22H15F2N3O2S. The molecule has 150 valence electrons. The molecule has 0 spiro atoms. The van der Waals surface area contributed by atoms with Crippen LogP contribution in [-0.4, -0.2) is 21.2 Å². The summed E-state index contributed by atoms with van der Waals surface area (Å²) in [5.41, 5.74) is 0.423. The lowest BCUT2D eigenvalue weighted by molar-refractivity contribution is -0.113. The maximum Gasteiger partial charge on any atom is 0.266 e. The number of hydrogen-bond acceptors (Lipinski definition) is 4. The molecule has 0 bridgehead atoms. The van der Waals surface area contributed by atoms with Crippen LogP contribution in [0.4, 0.5) is 14.5 Å². The molecule has 1 N–H and O–H groups in total. The molecule has 0 radical (unpaired) electrons. The van der Waals surface area contributed by atoms with E-state index in [4.69, 9.17) is 0 Å². The molecular weight excluding hydrogens is 408 g/mol. The molecule has 0 saturated heterocycles. The molecule has 5 nitrogen and oxygen atoms in total. The maximum atomic E-state index is 14.5. The van der Waals surface area contributed by atoms with Gasteiger partial charge < -0.3 is 5.32 Å². The Morgan fingerprint density at radius 3 is 2.50 bits per heavy atom. The van der Waals surface area contributed by atoms with Crippen molar-refractivity contribution in [1.82, 2.24) is 9.55 Å². The lowest BCUT2D eigenvalue weighted by Crippen LogP contribution is -2.23.